The van der Waals surface area contributed by atoms with E-state index in [1.807, 2.05) is 45.0 Å². The molecule has 0 fully saturated rings. The van der Waals surface area contributed by atoms with Crippen LogP contribution in [0.3, 0.4) is 0 Å². The molecule has 8 nitrogen and oxygen atoms in total. The van der Waals surface area contributed by atoms with E-state index < -0.39 is 16.1 Å². The molecule has 37 heavy (non-hydrogen) atoms. The summed E-state index contributed by atoms with van der Waals surface area (Å²) in [6.07, 6.45) is 1.45. The van der Waals surface area contributed by atoms with Gasteiger partial charge in [0, 0.05) is 26.1 Å². The van der Waals surface area contributed by atoms with Gasteiger partial charge in [0.15, 0.2) is 0 Å². The maximum Gasteiger partial charge on any atom is 0.242 e. The highest BCUT2D eigenvalue weighted by molar-refractivity contribution is 7.92. The number of rotatable bonds is 13. The molecule has 0 aliphatic rings. The summed E-state index contributed by atoms with van der Waals surface area (Å²) in [6, 6.07) is 11.8. The van der Waals surface area contributed by atoms with Gasteiger partial charge in [-0.15, -0.1) is 0 Å². The molecule has 0 aromatic heterocycles. The van der Waals surface area contributed by atoms with E-state index in [4.69, 9.17) is 16.3 Å². The first-order valence-electron chi connectivity index (χ1n) is 12.3. The Morgan fingerprint density at radius 1 is 1.11 bits per heavy atom. The summed E-state index contributed by atoms with van der Waals surface area (Å²) in [5.41, 5.74) is 2.37. The average Bonchev–Trinajstić information content (AvgIpc) is 2.82. The Morgan fingerprint density at radius 2 is 1.81 bits per heavy atom. The second kappa shape index (κ2) is 13.7. The van der Waals surface area contributed by atoms with Gasteiger partial charge in [-0.1, -0.05) is 55.3 Å². The van der Waals surface area contributed by atoms with Crippen molar-refractivity contribution in [2.45, 2.75) is 53.1 Å². The van der Waals surface area contributed by atoms with E-state index >= 15 is 0 Å². The van der Waals surface area contributed by atoms with Crippen LogP contribution in [0, 0.1) is 12.8 Å². The molecule has 2 aromatic rings. The van der Waals surface area contributed by atoms with E-state index in [1.165, 1.54) is 17.5 Å². The maximum absolute atomic E-state index is 13.4. The van der Waals surface area contributed by atoms with Crippen LogP contribution in [0.5, 0.6) is 5.75 Å². The molecule has 0 spiro atoms. The van der Waals surface area contributed by atoms with Crippen molar-refractivity contribution in [3.05, 3.63) is 58.6 Å². The molecule has 0 aliphatic heterocycles. The van der Waals surface area contributed by atoms with Crippen LogP contribution >= 0.6 is 11.6 Å². The number of halogens is 1. The van der Waals surface area contributed by atoms with Gasteiger partial charge in [-0.05, 0) is 49.9 Å². The third-order valence-electron chi connectivity index (χ3n) is 5.86. The Balaban J connectivity index is 2.18. The molecule has 1 N–H and O–H groups in total. The van der Waals surface area contributed by atoms with Crippen LogP contribution in [-0.2, 0) is 26.2 Å². The number of hydrogen-bond acceptors (Lipinski definition) is 5. The number of carbonyl (C=O) groups excluding carboxylic acids is 2. The molecule has 2 aromatic carbocycles. The lowest BCUT2D eigenvalue weighted by molar-refractivity contribution is -0.140. The molecule has 0 aliphatic carbocycles. The van der Waals surface area contributed by atoms with Crippen molar-refractivity contribution < 1.29 is 22.7 Å². The van der Waals surface area contributed by atoms with Crippen molar-refractivity contribution in [1.82, 2.24) is 10.2 Å². The van der Waals surface area contributed by atoms with Gasteiger partial charge in [0.1, 0.15) is 11.8 Å². The van der Waals surface area contributed by atoms with E-state index in [0.717, 1.165) is 17.4 Å². The normalized spacial score (nSPS) is 12.2. The van der Waals surface area contributed by atoms with Gasteiger partial charge < -0.3 is 15.0 Å². The summed E-state index contributed by atoms with van der Waals surface area (Å²) >= 11 is 6.20. The molecule has 0 heterocycles. The molecule has 204 valence electrons. The van der Waals surface area contributed by atoms with Crippen LogP contribution in [-0.4, -0.2) is 57.6 Å². The van der Waals surface area contributed by atoms with Gasteiger partial charge in [0.25, 0.3) is 0 Å². The fourth-order valence-electron chi connectivity index (χ4n) is 3.86. The Morgan fingerprint density at radius 3 is 2.38 bits per heavy atom. The number of aryl methyl sites for hydroxylation is 1. The highest BCUT2D eigenvalue weighted by Crippen LogP contribution is 2.30. The lowest BCUT2D eigenvalue weighted by Crippen LogP contribution is -2.48. The molecule has 0 unspecified atom stereocenters. The van der Waals surface area contributed by atoms with E-state index in [0.29, 0.717) is 18.0 Å². The van der Waals surface area contributed by atoms with Crippen molar-refractivity contribution in [2.24, 2.45) is 5.92 Å². The number of benzene rings is 2. The van der Waals surface area contributed by atoms with Crippen molar-refractivity contribution in [2.75, 3.05) is 30.8 Å². The van der Waals surface area contributed by atoms with E-state index in [9.17, 15) is 18.0 Å². The van der Waals surface area contributed by atoms with Gasteiger partial charge in [0.2, 0.25) is 21.8 Å². The predicted octanol–water partition coefficient (Wildman–Crippen LogP) is 4.39. The quantitative estimate of drug-likeness (QED) is 0.398. The fourth-order valence-corrected chi connectivity index (χ4v) is 5.07. The Labute approximate surface area is 226 Å². The van der Waals surface area contributed by atoms with Crippen LogP contribution in [0.4, 0.5) is 5.69 Å². The first kappa shape index (κ1) is 30.4. The first-order chi connectivity index (χ1) is 17.3. The topological polar surface area (TPSA) is 96.0 Å². The molecule has 2 amide bonds. The second-order valence-corrected chi connectivity index (χ2v) is 11.9. The lowest BCUT2D eigenvalue weighted by Gasteiger charge is -2.30. The average molecular weight is 552 g/mol. The molecule has 0 bridgehead atoms. The van der Waals surface area contributed by atoms with Gasteiger partial charge in [-0.3, -0.25) is 13.9 Å². The Bertz CT molecular complexity index is 1190. The van der Waals surface area contributed by atoms with Crippen LogP contribution < -0.4 is 14.4 Å². The summed E-state index contributed by atoms with van der Waals surface area (Å²) in [6.45, 7) is 8.57. The van der Waals surface area contributed by atoms with Crippen LogP contribution in [0.15, 0.2) is 42.5 Å². The van der Waals surface area contributed by atoms with Crippen LogP contribution in [0.25, 0.3) is 0 Å². The SMILES string of the molecule is COc1ccc(N(CCCC(=O)N(Cc2cccc(C)c2)[C@@H](C)C(=O)NCC(C)C)S(C)(=O)=O)cc1Cl. The predicted molar refractivity (Wildman–Crippen MR) is 148 cm³/mol. The Kier molecular flexibility index (Phi) is 11.3. The second-order valence-electron chi connectivity index (χ2n) is 9.58. The zero-order valence-electron chi connectivity index (χ0n) is 22.5. The first-order valence-corrected chi connectivity index (χ1v) is 14.5. The molecule has 2 rings (SSSR count). The summed E-state index contributed by atoms with van der Waals surface area (Å²) in [7, 11) is -2.15. The van der Waals surface area contributed by atoms with E-state index in [1.54, 1.807) is 24.0 Å². The number of nitrogens with zero attached hydrogens (tertiary/aromatic N) is 2. The van der Waals surface area contributed by atoms with Crippen molar-refractivity contribution in [1.29, 1.82) is 0 Å². The van der Waals surface area contributed by atoms with Crippen molar-refractivity contribution in [3.8, 4) is 5.75 Å². The van der Waals surface area contributed by atoms with E-state index in [-0.39, 0.29) is 48.7 Å². The monoisotopic (exact) mass is 551 g/mol. The highest BCUT2D eigenvalue weighted by atomic mass is 35.5. The number of sulfonamides is 1. The Hall–Kier alpha value is -2.78. The summed E-state index contributed by atoms with van der Waals surface area (Å²) in [4.78, 5) is 27.7. The number of nitrogens with one attached hydrogen (secondary N) is 1. The number of amides is 2. The molecular weight excluding hydrogens is 514 g/mol. The summed E-state index contributed by atoms with van der Waals surface area (Å²) < 4.78 is 31.4. The standard InChI is InChI=1S/C27H38ClN3O5S/c1-19(2)17-29-27(33)21(4)30(18-22-10-7-9-20(3)15-22)26(32)11-8-14-31(37(6,34)35)23-12-13-25(36-5)24(28)16-23/h7,9-10,12-13,15-16,19,21H,8,11,14,17-18H2,1-6H3,(H,29,33)/t21-/m0/s1. The van der Waals surface area contributed by atoms with E-state index in [2.05, 4.69) is 5.32 Å². The number of methoxy groups -OCH3 is 1. The van der Waals surface area contributed by atoms with Crippen molar-refractivity contribution >= 4 is 39.1 Å². The fraction of sp³-hybridized carbons (Fsp3) is 0.481. The minimum Gasteiger partial charge on any atom is -0.495 e. The van der Waals surface area contributed by atoms with Gasteiger partial charge in [-0.2, -0.15) is 0 Å². The molecule has 10 heteroatoms. The highest BCUT2D eigenvalue weighted by Gasteiger charge is 2.27. The van der Waals surface area contributed by atoms with Gasteiger partial charge >= 0.3 is 0 Å². The van der Waals surface area contributed by atoms with Crippen molar-refractivity contribution in [3.63, 3.8) is 0 Å². The third kappa shape index (κ3) is 9.23. The maximum atomic E-state index is 13.4. The molecule has 0 radical (unpaired) electrons. The van der Waals surface area contributed by atoms with Crippen LogP contribution in [0.1, 0.15) is 44.7 Å². The number of carbonyl (C=O) groups is 2. The largest absolute Gasteiger partial charge is 0.495 e. The minimum atomic E-state index is -3.63. The zero-order valence-corrected chi connectivity index (χ0v) is 24.0. The third-order valence-corrected chi connectivity index (χ3v) is 7.35. The van der Waals surface area contributed by atoms with Crippen LogP contribution in [0.2, 0.25) is 5.02 Å². The molecule has 0 saturated heterocycles. The number of hydrogen-bond donors (Lipinski definition) is 1. The lowest BCUT2D eigenvalue weighted by atomic mass is 10.1. The molecule has 0 saturated carbocycles. The van der Waals surface area contributed by atoms with Gasteiger partial charge in [-0.25, -0.2) is 8.42 Å². The smallest absolute Gasteiger partial charge is 0.242 e. The molecular formula is C27H38ClN3O5S. The van der Waals surface area contributed by atoms with Gasteiger partial charge in [0.05, 0.1) is 24.1 Å². The number of anilines is 1. The zero-order chi connectivity index (χ0) is 27.8. The minimum absolute atomic E-state index is 0.0729. The number of ether oxygens (including phenoxy) is 1. The molecule has 1 atom stereocenters. The summed E-state index contributed by atoms with van der Waals surface area (Å²) in [5, 5.41) is 3.19. The summed E-state index contributed by atoms with van der Waals surface area (Å²) in [5.74, 6) is 0.270.